The first-order valence-electron chi connectivity index (χ1n) is 6.79. The predicted molar refractivity (Wildman–Crippen MR) is 84.1 cm³/mol. The Morgan fingerprint density at radius 1 is 1.00 bits per heavy atom. The number of amides is 2. The molecule has 0 aliphatic carbocycles. The molecule has 0 aliphatic rings. The third-order valence-corrected chi connectivity index (χ3v) is 3.09. The molecule has 0 spiro atoms. The van der Waals surface area contributed by atoms with Crippen LogP contribution in [0, 0.1) is 0 Å². The highest BCUT2D eigenvalue weighted by Gasteiger charge is 2.14. The minimum atomic E-state index is -0.648. The second-order valence-corrected chi connectivity index (χ2v) is 5.04. The van der Waals surface area contributed by atoms with Gasteiger partial charge in [-0.1, -0.05) is 36.4 Å². The monoisotopic (exact) mass is 285 g/mol. The van der Waals surface area contributed by atoms with Gasteiger partial charge in [0.05, 0.1) is 0 Å². The van der Waals surface area contributed by atoms with E-state index in [4.69, 9.17) is 0 Å². The summed E-state index contributed by atoms with van der Waals surface area (Å²) >= 11 is 0. The maximum absolute atomic E-state index is 11.9. The van der Waals surface area contributed by atoms with Gasteiger partial charge in [-0.05, 0) is 25.5 Å². The van der Waals surface area contributed by atoms with Crippen LogP contribution in [0.25, 0.3) is 10.8 Å². The van der Waals surface area contributed by atoms with Crippen molar-refractivity contribution in [3.63, 3.8) is 0 Å². The van der Waals surface area contributed by atoms with Crippen molar-refractivity contribution in [3.8, 4) is 0 Å². The first-order chi connectivity index (χ1) is 10.1. The summed E-state index contributed by atoms with van der Waals surface area (Å²) in [6, 6.07) is 13.3. The van der Waals surface area contributed by atoms with Crippen LogP contribution in [0.2, 0.25) is 0 Å². The van der Waals surface area contributed by atoms with Crippen LogP contribution in [-0.4, -0.2) is 43.9 Å². The van der Waals surface area contributed by atoms with E-state index in [2.05, 4.69) is 10.6 Å². The average Bonchev–Trinajstić information content (AvgIpc) is 2.47. The topological polar surface area (TPSA) is 61.4 Å². The van der Waals surface area contributed by atoms with Crippen LogP contribution in [0.1, 0.15) is 0 Å². The SMILES string of the molecule is CN(C)CCNC(=O)C(=O)Nc1cccc2ccccc12. The first-order valence-corrected chi connectivity index (χ1v) is 6.79. The van der Waals surface area contributed by atoms with Gasteiger partial charge in [-0.25, -0.2) is 0 Å². The van der Waals surface area contributed by atoms with Gasteiger partial charge in [-0.3, -0.25) is 9.59 Å². The van der Waals surface area contributed by atoms with Crippen LogP contribution in [-0.2, 0) is 9.59 Å². The summed E-state index contributed by atoms with van der Waals surface area (Å²) in [5.41, 5.74) is 0.640. The minimum Gasteiger partial charge on any atom is -0.347 e. The summed E-state index contributed by atoms with van der Waals surface area (Å²) in [7, 11) is 3.81. The molecule has 0 fully saturated rings. The molecule has 5 nitrogen and oxygen atoms in total. The maximum atomic E-state index is 11.9. The van der Waals surface area contributed by atoms with Gasteiger partial charge >= 0.3 is 11.8 Å². The van der Waals surface area contributed by atoms with Crippen LogP contribution < -0.4 is 10.6 Å². The van der Waals surface area contributed by atoms with Gasteiger partial charge < -0.3 is 15.5 Å². The van der Waals surface area contributed by atoms with Crippen LogP contribution in [0.15, 0.2) is 42.5 Å². The van der Waals surface area contributed by atoms with Crippen LogP contribution >= 0.6 is 0 Å². The van der Waals surface area contributed by atoms with Crippen LogP contribution in [0.3, 0.4) is 0 Å². The van der Waals surface area contributed by atoms with Gasteiger partial charge in [-0.15, -0.1) is 0 Å². The van der Waals surface area contributed by atoms with Crippen molar-refractivity contribution in [1.82, 2.24) is 10.2 Å². The second-order valence-electron chi connectivity index (χ2n) is 5.04. The standard InChI is InChI=1S/C16H19N3O2/c1-19(2)11-10-17-15(20)16(21)18-14-9-5-7-12-6-3-4-8-13(12)14/h3-9H,10-11H2,1-2H3,(H,17,20)(H,18,21). The summed E-state index contributed by atoms with van der Waals surface area (Å²) in [6.45, 7) is 1.13. The molecule has 2 aromatic carbocycles. The van der Waals surface area contributed by atoms with Crippen LogP contribution in [0.5, 0.6) is 0 Å². The highest BCUT2D eigenvalue weighted by Crippen LogP contribution is 2.22. The summed E-state index contributed by atoms with van der Waals surface area (Å²) < 4.78 is 0. The highest BCUT2D eigenvalue weighted by molar-refractivity contribution is 6.40. The van der Waals surface area contributed by atoms with E-state index in [-0.39, 0.29) is 0 Å². The molecule has 0 aromatic heterocycles. The molecule has 2 aromatic rings. The molecular formula is C16H19N3O2. The average molecular weight is 285 g/mol. The van der Waals surface area contributed by atoms with E-state index in [1.54, 1.807) is 6.07 Å². The molecule has 0 radical (unpaired) electrons. The molecule has 0 saturated heterocycles. The third kappa shape index (κ3) is 4.03. The fourth-order valence-electron chi connectivity index (χ4n) is 1.99. The number of likely N-dealkylation sites (N-methyl/N-ethyl adjacent to an activating group) is 1. The van der Waals surface area contributed by atoms with Crippen molar-refractivity contribution >= 4 is 28.3 Å². The lowest BCUT2D eigenvalue weighted by Crippen LogP contribution is -2.38. The molecule has 0 saturated carbocycles. The zero-order valence-electron chi connectivity index (χ0n) is 12.2. The molecule has 110 valence electrons. The lowest BCUT2D eigenvalue weighted by atomic mass is 10.1. The Kier molecular flexibility index (Phi) is 4.90. The molecule has 21 heavy (non-hydrogen) atoms. The van der Waals surface area contributed by atoms with E-state index < -0.39 is 11.8 Å². The molecule has 0 aliphatic heterocycles. The first kappa shape index (κ1) is 15.0. The maximum Gasteiger partial charge on any atom is 0.313 e. The molecule has 0 unspecified atom stereocenters. The number of carbonyl (C=O) groups is 2. The van der Waals surface area contributed by atoms with E-state index in [1.807, 2.05) is 55.4 Å². The van der Waals surface area contributed by atoms with E-state index >= 15 is 0 Å². The molecule has 0 atom stereocenters. The second kappa shape index (κ2) is 6.85. The Hall–Kier alpha value is -2.40. The molecule has 0 bridgehead atoms. The Morgan fingerprint density at radius 3 is 2.48 bits per heavy atom. The molecule has 2 rings (SSSR count). The Bertz CT molecular complexity index is 648. The van der Waals surface area contributed by atoms with Gasteiger partial charge in [0, 0.05) is 24.2 Å². The largest absolute Gasteiger partial charge is 0.347 e. The lowest BCUT2D eigenvalue weighted by molar-refractivity contribution is -0.136. The van der Waals surface area contributed by atoms with Crippen molar-refractivity contribution in [2.45, 2.75) is 0 Å². The molecule has 2 amide bonds. The van der Waals surface area contributed by atoms with Gasteiger partial charge in [-0.2, -0.15) is 0 Å². The third-order valence-electron chi connectivity index (χ3n) is 3.09. The normalized spacial score (nSPS) is 10.6. The van der Waals surface area contributed by atoms with Crippen molar-refractivity contribution in [3.05, 3.63) is 42.5 Å². The number of rotatable bonds is 4. The van der Waals surface area contributed by atoms with Gasteiger partial charge in [0.25, 0.3) is 0 Å². The molecule has 5 heteroatoms. The Morgan fingerprint density at radius 2 is 1.71 bits per heavy atom. The number of anilines is 1. The number of carbonyl (C=O) groups excluding carboxylic acids is 2. The zero-order valence-corrected chi connectivity index (χ0v) is 12.2. The number of hydrogen-bond acceptors (Lipinski definition) is 3. The van der Waals surface area contributed by atoms with Gasteiger partial charge in [0.1, 0.15) is 0 Å². The van der Waals surface area contributed by atoms with Crippen LogP contribution in [0.4, 0.5) is 5.69 Å². The number of nitrogens with one attached hydrogen (secondary N) is 2. The number of hydrogen-bond donors (Lipinski definition) is 2. The summed E-state index contributed by atoms with van der Waals surface area (Å²) in [5.74, 6) is -1.27. The van der Waals surface area contributed by atoms with Crippen molar-refractivity contribution < 1.29 is 9.59 Å². The fraction of sp³-hybridized carbons (Fsp3) is 0.250. The van der Waals surface area contributed by atoms with E-state index in [0.29, 0.717) is 18.8 Å². The van der Waals surface area contributed by atoms with Gasteiger partial charge in [0.15, 0.2) is 0 Å². The van der Waals surface area contributed by atoms with E-state index in [9.17, 15) is 9.59 Å². The molecule has 2 N–H and O–H groups in total. The fourth-order valence-corrected chi connectivity index (χ4v) is 1.99. The molecular weight excluding hydrogens is 266 g/mol. The highest BCUT2D eigenvalue weighted by atomic mass is 16.2. The van der Waals surface area contributed by atoms with E-state index in [1.165, 1.54) is 0 Å². The summed E-state index contributed by atoms with van der Waals surface area (Å²) in [6.07, 6.45) is 0. The predicted octanol–water partition coefficient (Wildman–Crippen LogP) is 1.46. The minimum absolute atomic E-state index is 0.439. The lowest BCUT2D eigenvalue weighted by Gasteiger charge is -2.11. The van der Waals surface area contributed by atoms with Crippen molar-refractivity contribution in [1.29, 1.82) is 0 Å². The number of fused-ring (bicyclic) bond motifs is 1. The summed E-state index contributed by atoms with van der Waals surface area (Å²) in [5, 5.41) is 7.18. The van der Waals surface area contributed by atoms with Crippen molar-refractivity contribution in [2.75, 3.05) is 32.5 Å². The Balaban J connectivity index is 2.03. The number of nitrogens with zero attached hydrogens (tertiary/aromatic N) is 1. The summed E-state index contributed by atoms with van der Waals surface area (Å²) in [4.78, 5) is 25.6. The quantitative estimate of drug-likeness (QED) is 0.836. The Labute approximate surface area is 123 Å². The smallest absolute Gasteiger partial charge is 0.313 e. The number of benzene rings is 2. The zero-order chi connectivity index (χ0) is 15.2. The molecule has 0 heterocycles. The van der Waals surface area contributed by atoms with Gasteiger partial charge in [0.2, 0.25) is 0 Å². The van der Waals surface area contributed by atoms with Crippen molar-refractivity contribution in [2.24, 2.45) is 0 Å². The van der Waals surface area contributed by atoms with E-state index in [0.717, 1.165) is 10.8 Å².